The minimum absolute atomic E-state index is 0.00885. The summed E-state index contributed by atoms with van der Waals surface area (Å²) in [6.07, 6.45) is 2.06. The van der Waals surface area contributed by atoms with E-state index in [-0.39, 0.29) is 11.8 Å². The van der Waals surface area contributed by atoms with Gasteiger partial charge in [0.25, 0.3) is 11.8 Å². The smallest absolute Gasteiger partial charge is 0.255 e. The summed E-state index contributed by atoms with van der Waals surface area (Å²) >= 11 is 2.18. The predicted molar refractivity (Wildman–Crippen MR) is 108 cm³/mol. The first-order chi connectivity index (χ1) is 12.0. The number of nitrogens with zero attached hydrogens (tertiary/aromatic N) is 1. The Kier molecular flexibility index (Phi) is 5.73. The molecule has 0 aliphatic carbocycles. The van der Waals surface area contributed by atoms with Crippen molar-refractivity contribution < 1.29 is 9.59 Å². The fraction of sp³-hybridized carbons (Fsp3) is 0.300. The molecule has 0 spiro atoms. The van der Waals surface area contributed by atoms with Crippen LogP contribution in [-0.2, 0) is 0 Å². The molecule has 0 radical (unpaired) electrons. The number of piperidine rings is 1. The molecule has 4 nitrogen and oxygen atoms in total. The maximum absolute atomic E-state index is 12.9. The highest BCUT2D eigenvalue weighted by molar-refractivity contribution is 14.1. The number of hydrogen-bond donors (Lipinski definition) is 1. The van der Waals surface area contributed by atoms with E-state index in [9.17, 15) is 9.59 Å². The normalized spacial score (nSPS) is 15.0. The highest BCUT2D eigenvalue weighted by Crippen LogP contribution is 2.22. The van der Waals surface area contributed by atoms with Gasteiger partial charge < -0.3 is 10.2 Å². The van der Waals surface area contributed by atoms with Crippen LogP contribution in [0.2, 0.25) is 0 Å². The fourth-order valence-electron chi connectivity index (χ4n) is 2.98. The van der Waals surface area contributed by atoms with Crippen LogP contribution in [0.25, 0.3) is 0 Å². The zero-order chi connectivity index (χ0) is 17.8. The van der Waals surface area contributed by atoms with Crippen LogP contribution >= 0.6 is 22.6 Å². The van der Waals surface area contributed by atoms with Crippen molar-refractivity contribution in [3.8, 4) is 0 Å². The first-order valence-corrected chi connectivity index (χ1v) is 9.57. The van der Waals surface area contributed by atoms with Gasteiger partial charge in [0.05, 0.1) is 11.3 Å². The zero-order valence-corrected chi connectivity index (χ0v) is 16.3. The van der Waals surface area contributed by atoms with Crippen molar-refractivity contribution in [3.63, 3.8) is 0 Å². The van der Waals surface area contributed by atoms with Crippen LogP contribution in [0.15, 0.2) is 48.5 Å². The van der Waals surface area contributed by atoms with Crippen LogP contribution in [0, 0.1) is 9.49 Å². The Morgan fingerprint density at radius 3 is 2.52 bits per heavy atom. The van der Waals surface area contributed by atoms with E-state index in [4.69, 9.17) is 0 Å². The molecule has 0 bridgehead atoms. The highest BCUT2D eigenvalue weighted by Gasteiger charge is 2.23. The fourth-order valence-corrected chi connectivity index (χ4v) is 3.53. The molecule has 0 aromatic heterocycles. The van der Waals surface area contributed by atoms with Gasteiger partial charge in [-0.3, -0.25) is 9.59 Å². The zero-order valence-electron chi connectivity index (χ0n) is 14.2. The molecule has 1 aliphatic heterocycles. The Bertz CT molecular complexity index is 783. The van der Waals surface area contributed by atoms with E-state index >= 15 is 0 Å². The van der Waals surface area contributed by atoms with Crippen LogP contribution in [0.4, 0.5) is 5.69 Å². The summed E-state index contributed by atoms with van der Waals surface area (Å²) in [6.45, 7) is 3.77. The standard InChI is InChI=1S/C20H21IN2O2/c1-14-9-11-23(12-10-14)20(25)17-7-2-3-8-18(17)22-19(24)15-5-4-6-16(21)13-15/h2-8,13-14H,9-12H2,1H3,(H,22,24). The van der Waals surface area contributed by atoms with Gasteiger partial charge in [0.2, 0.25) is 0 Å². The molecule has 130 valence electrons. The van der Waals surface area contributed by atoms with E-state index in [0.29, 0.717) is 22.7 Å². The van der Waals surface area contributed by atoms with Gasteiger partial charge in [-0.2, -0.15) is 0 Å². The molecular weight excluding hydrogens is 427 g/mol. The molecule has 1 saturated heterocycles. The van der Waals surface area contributed by atoms with E-state index < -0.39 is 0 Å². The van der Waals surface area contributed by atoms with Crippen molar-refractivity contribution >= 4 is 40.1 Å². The number of likely N-dealkylation sites (tertiary alicyclic amines) is 1. The lowest BCUT2D eigenvalue weighted by Crippen LogP contribution is -2.38. The second-order valence-corrected chi connectivity index (χ2v) is 7.73. The summed E-state index contributed by atoms with van der Waals surface area (Å²) < 4.78 is 0.997. The maximum atomic E-state index is 12.9. The average Bonchev–Trinajstić information content (AvgIpc) is 2.62. The number of carbonyl (C=O) groups is 2. The summed E-state index contributed by atoms with van der Waals surface area (Å²) in [7, 11) is 0. The molecule has 3 rings (SSSR count). The largest absolute Gasteiger partial charge is 0.339 e. The lowest BCUT2D eigenvalue weighted by atomic mass is 9.98. The van der Waals surface area contributed by atoms with Gasteiger partial charge in [0.1, 0.15) is 0 Å². The van der Waals surface area contributed by atoms with Crippen LogP contribution < -0.4 is 5.32 Å². The van der Waals surface area contributed by atoms with Crippen molar-refractivity contribution in [1.82, 2.24) is 4.90 Å². The monoisotopic (exact) mass is 448 g/mol. The molecule has 0 atom stereocenters. The Balaban J connectivity index is 1.79. The molecule has 25 heavy (non-hydrogen) atoms. The van der Waals surface area contributed by atoms with Gasteiger partial charge in [-0.25, -0.2) is 0 Å². The van der Waals surface area contributed by atoms with Crippen molar-refractivity contribution in [2.45, 2.75) is 19.8 Å². The lowest BCUT2D eigenvalue weighted by molar-refractivity contribution is 0.0698. The summed E-state index contributed by atoms with van der Waals surface area (Å²) in [4.78, 5) is 27.3. The van der Waals surface area contributed by atoms with Gasteiger partial charge in [-0.05, 0) is 71.7 Å². The Hall–Kier alpha value is -1.89. The summed E-state index contributed by atoms with van der Waals surface area (Å²) in [6, 6.07) is 14.6. The molecule has 2 aromatic carbocycles. The van der Waals surface area contributed by atoms with Gasteiger partial charge in [-0.1, -0.05) is 25.1 Å². The predicted octanol–water partition coefficient (Wildman–Crippen LogP) is 4.42. The first kappa shape index (κ1) is 17.9. The van der Waals surface area contributed by atoms with Crippen LogP contribution in [0.3, 0.4) is 0 Å². The van der Waals surface area contributed by atoms with Crippen molar-refractivity contribution in [2.75, 3.05) is 18.4 Å². The molecule has 2 amide bonds. The summed E-state index contributed by atoms with van der Waals surface area (Å²) in [5.41, 5.74) is 1.70. The minimum Gasteiger partial charge on any atom is -0.339 e. The van der Waals surface area contributed by atoms with Crippen molar-refractivity contribution in [1.29, 1.82) is 0 Å². The molecule has 1 heterocycles. The molecule has 0 unspecified atom stereocenters. The van der Waals surface area contributed by atoms with E-state index in [1.165, 1.54) is 0 Å². The van der Waals surface area contributed by atoms with Crippen molar-refractivity contribution in [3.05, 3.63) is 63.2 Å². The average molecular weight is 448 g/mol. The topological polar surface area (TPSA) is 49.4 Å². The molecular formula is C20H21IN2O2. The molecule has 1 aliphatic rings. The van der Waals surface area contributed by atoms with Gasteiger partial charge in [0.15, 0.2) is 0 Å². The number of amides is 2. The van der Waals surface area contributed by atoms with E-state index in [1.54, 1.807) is 18.2 Å². The van der Waals surface area contributed by atoms with E-state index in [1.807, 2.05) is 35.2 Å². The van der Waals surface area contributed by atoms with Crippen LogP contribution in [0.1, 0.15) is 40.5 Å². The molecule has 1 N–H and O–H groups in total. The quantitative estimate of drug-likeness (QED) is 0.708. The maximum Gasteiger partial charge on any atom is 0.255 e. The number of nitrogens with one attached hydrogen (secondary N) is 1. The SMILES string of the molecule is CC1CCN(C(=O)c2ccccc2NC(=O)c2cccc(I)c2)CC1. The lowest BCUT2D eigenvalue weighted by Gasteiger charge is -2.30. The third-order valence-electron chi connectivity index (χ3n) is 4.56. The van der Waals surface area contributed by atoms with Crippen molar-refractivity contribution in [2.24, 2.45) is 5.92 Å². The first-order valence-electron chi connectivity index (χ1n) is 8.50. The third kappa shape index (κ3) is 4.39. The Morgan fingerprint density at radius 2 is 1.80 bits per heavy atom. The second kappa shape index (κ2) is 7.99. The van der Waals surface area contributed by atoms with E-state index in [0.717, 1.165) is 29.5 Å². The number of para-hydroxylation sites is 1. The number of benzene rings is 2. The second-order valence-electron chi connectivity index (χ2n) is 6.48. The number of anilines is 1. The molecule has 5 heteroatoms. The molecule has 2 aromatic rings. The van der Waals surface area contributed by atoms with E-state index in [2.05, 4.69) is 34.8 Å². The number of rotatable bonds is 3. The van der Waals surface area contributed by atoms with Gasteiger partial charge >= 0.3 is 0 Å². The van der Waals surface area contributed by atoms with Gasteiger partial charge in [0, 0.05) is 22.2 Å². The molecule has 1 fully saturated rings. The minimum atomic E-state index is -0.203. The number of carbonyl (C=O) groups excluding carboxylic acids is 2. The summed E-state index contributed by atoms with van der Waals surface area (Å²) in [5, 5.41) is 2.89. The molecule has 0 saturated carbocycles. The Labute approximate surface area is 161 Å². The Morgan fingerprint density at radius 1 is 1.08 bits per heavy atom. The number of halogens is 1. The van der Waals surface area contributed by atoms with Crippen LogP contribution in [-0.4, -0.2) is 29.8 Å². The van der Waals surface area contributed by atoms with Gasteiger partial charge in [-0.15, -0.1) is 0 Å². The highest BCUT2D eigenvalue weighted by atomic mass is 127. The van der Waals surface area contributed by atoms with Crippen LogP contribution in [0.5, 0.6) is 0 Å². The number of hydrogen-bond acceptors (Lipinski definition) is 2. The third-order valence-corrected chi connectivity index (χ3v) is 5.23. The summed E-state index contributed by atoms with van der Waals surface area (Å²) in [5.74, 6) is 0.455.